The predicted octanol–water partition coefficient (Wildman–Crippen LogP) is -0.117. The van der Waals surface area contributed by atoms with Crippen LogP contribution in [0, 0.1) is 0 Å². The molecule has 17 heavy (non-hydrogen) atoms. The summed E-state index contributed by atoms with van der Waals surface area (Å²) in [5.41, 5.74) is 5.71. The smallest absolute Gasteiger partial charge is 0.276 e. The van der Waals surface area contributed by atoms with Crippen LogP contribution in [-0.4, -0.2) is 48.1 Å². The van der Waals surface area contributed by atoms with Crippen LogP contribution >= 0.6 is 0 Å². The van der Waals surface area contributed by atoms with Crippen molar-refractivity contribution in [3.8, 4) is 0 Å². The van der Waals surface area contributed by atoms with Gasteiger partial charge in [0.05, 0.1) is 6.33 Å². The van der Waals surface area contributed by atoms with E-state index in [0.29, 0.717) is 11.9 Å². The lowest BCUT2D eigenvalue weighted by atomic mass is 10.0. The fraction of sp³-hybridized carbons (Fsp3) is 0.636. The van der Waals surface area contributed by atoms with E-state index in [9.17, 15) is 4.79 Å². The number of anilines is 2. The van der Waals surface area contributed by atoms with Crippen LogP contribution in [0.1, 0.15) is 12.8 Å². The molecule has 3 N–H and O–H groups in total. The zero-order valence-electron chi connectivity index (χ0n) is 10.3. The lowest BCUT2D eigenvalue weighted by molar-refractivity contribution is 0.249. The molecule has 0 aliphatic carbocycles. The van der Waals surface area contributed by atoms with Crippen molar-refractivity contribution in [2.45, 2.75) is 18.9 Å². The second-order valence-corrected chi connectivity index (χ2v) is 4.65. The van der Waals surface area contributed by atoms with Crippen LogP contribution in [0.25, 0.3) is 0 Å². The standard InChI is InChI=1S/C11H19N5O/c1-15(2)8-3-5-16(6-4-8)10-9(12)11(17)14-7-13-10/h7-8H,3-6,12H2,1-2H3,(H,13,14,17). The van der Waals surface area contributed by atoms with Crippen molar-refractivity contribution in [3.63, 3.8) is 0 Å². The molecule has 2 rings (SSSR count). The Labute approximate surface area is 100 Å². The summed E-state index contributed by atoms with van der Waals surface area (Å²) in [6, 6.07) is 0.606. The van der Waals surface area contributed by atoms with Crippen LogP contribution in [-0.2, 0) is 0 Å². The van der Waals surface area contributed by atoms with E-state index in [1.54, 1.807) is 0 Å². The highest BCUT2D eigenvalue weighted by Crippen LogP contribution is 2.21. The summed E-state index contributed by atoms with van der Waals surface area (Å²) in [6.45, 7) is 1.78. The predicted molar refractivity (Wildman–Crippen MR) is 68.2 cm³/mol. The number of aromatic amines is 1. The molecule has 0 bridgehead atoms. The number of nitrogens with zero attached hydrogens (tertiary/aromatic N) is 3. The number of nitrogens with two attached hydrogens (primary N) is 1. The van der Waals surface area contributed by atoms with E-state index >= 15 is 0 Å². The molecule has 0 saturated carbocycles. The van der Waals surface area contributed by atoms with Gasteiger partial charge in [-0.15, -0.1) is 0 Å². The summed E-state index contributed by atoms with van der Waals surface area (Å²) in [5.74, 6) is 0.617. The molecule has 0 atom stereocenters. The molecule has 1 saturated heterocycles. The Morgan fingerprint density at radius 3 is 2.71 bits per heavy atom. The number of rotatable bonds is 2. The van der Waals surface area contributed by atoms with Crippen LogP contribution in [0.3, 0.4) is 0 Å². The van der Waals surface area contributed by atoms with Crippen LogP contribution in [0.2, 0.25) is 0 Å². The molecule has 1 aromatic rings. The zero-order valence-corrected chi connectivity index (χ0v) is 10.3. The normalized spacial score (nSPS) is 17.7. The van der Waals surface area contributed by atoms with Gasteiger partial charge in [-0.25, -0.2) is 4.98 Å². The van der Waals surface area contributed by atoms with Gasteiger partial charge in [0, 0.05) is 19.1 Å². The van der Waals surface area contributed by atoms with Crippen molar-refractivity contribution in [2.24, 2.45) is 0 Å². The highest BCUT2D eigenvalue weighted by molar-refractivity contribution is 5.60. The maximum absolute atomic E-state index is 11.4. The first-order valence-electron chi connectivity index (χ1n) is 5.84. The maximum Gasteiger partial charge on any atom is 0.276 e. The molecule has 6 heteroatoms. The monoisotopic (exact) mass is 237 g/mol. The first-order valence-corrected chi connectivity index (χ1v) is 5.84. The number of aromatic nitrogens is 2. The Morgan fingerprint density at radius 2 is 2.12 bits per heavy atom. The number of H-pyrrole nitrogens is 1. The molecule has 6 nitrogen and oxygen atoms in total. The van der Waals surface area contributed by atoms with Gasteiger partial charge in [0.15, 0.2) is 5.82 Å². The zero-order chi connectivity index (χ0) is 12.4. The van der Waals surface area contributed by atoms with Gasteiger partial charge in [0.1, 0.15) is 5.69 Å². The average Bonchev–Trinajstić information content (AvgIpc) is 2.33. The van der Waals surface area contributed by atoms with Crippen LogP contribution < -0.4 is 16.2 Å². The van der Waals surface area contributed by atoms with Gasteiger partial charge in [0.2, 0.25) is 0 Å². The third-order valence-electron chi connectivity index (χ3n) is 3.36. The third kappa shape index (κ3) is 2.41. The van der Waals surface area contributed by atoms with Crippen molar-refractivity contribution < 1.29 is 0 Å². The first kappa shape index (κ1) is 11.9. The van der Waals surface area contributed by atoms with E-state index in [-0.39, 0.29) is 11.2 Å². The van der Waals surface area contributed by atoms with Gasteiger partial charge < -0.3 is 20.5 Å². The molecule has 1 aliphatic heterocycles. The fourth-order valence-corrected chi connectivity index (χ4v) is 2.25. The average molecular weight is 237 g/mol. The largest absolute Gasteiger partial charge is 0.391 e. The number of piperidine rings is 1. The topological polar surface area (TPSA) is 78.2 Å². The molecular formula is C11H19N5O. The van der Waals surface area contributed by atoms with Crippen molar-refractivity contribution >= 4 is 11.5 Å². The lowest BCUT2D eigenvalue weighted by Crippen LogP contribution is -2.43. The van der Waals surface area contributed by atoms with E-state index in [4.69, 9.17) is 5.73 Å². The van der Waals surface area contributed by atoms with E-state index in [2.05, 4.69) is 33.9 Å². The Balaban J connectivity index is 2.11. The van der Waals surface area contributed by atoms with Gasteiger partial charge >= 0.3 is 0 Å². The number of hydrogen-bond donors (Lipinski definition) is 2. The van der Waals surface area contributed by atoms with Crippen LogP contribution in [0.15, 0.2) is 11.1 Å². The summed E-state index contributed by atoms with van der Waals surface area (Å²) in [5, 5.41) is 0. The molecule has 0 unspecified atom stereocenters. The molecule has 0 amide bonds. The number of nitrogens with one attached hydrogen (secondary N) is 1. The highest BCUT2D eigenvalue weighted by atomic mass is 16.1. The molecule has 1 aromatic heterocycles. The SMILES string of the molecule is CN(C)C1CCN(c2nc[nH]c(=O)c2N)CC1. The lowest BCUT2D eigenvalue weighted by Gasteiger charge is -2.35. The van der Waals surface area contributed by atoms with Crippen molar-refractivity contribution in [2.75, 3.05) is 37.8 Å². The van der Waals surface area contributed by atoms with Gasteiger partial charge in [-0.2, -0.15) is 0 Å². The summed E-state index contributed by atoms with van der Waals surface area (Å²) < 4.78 is 0. The van der Waals surface area contributed by atoms with E-state index in [0.717, 1.165) is 25.9 Å². The van der Waals surface area contributed by atoms with Gasteiger partial charge in [-0.05, 0) is 26.9 Å². The maximum atomic E-state index is 11.4. The minimum atomic E-state index is -0.260. The Kier molecular flexibility index (Phi) is 3.33. The fourth-order valence-electron chi connectivity index (χ4n) is 2.25. The van der Waals surface area contributed by atoms with Gasteiger partial charge in [0.25, 0.3) is 5.56 Å². The Morgan fingerprint density at radius 1 is 1.47 bits per heavy atom. The molecule has 1 aliphatic rings. The number of nitrogen functional groups attached to an aromatic ring is 1. The minimum Gasteiger partial charge on any atom is -0.391 e. The van der Waals surface area contributed by atoms with Crippen molar-refractivity contribution in [1.29, 1.82) is 0 Å². The van der Waals surface area contributed by atoms with E-state index < -0.39 is 0 Å². The molecule has 2 heterocycles. The van der Waals surface area contributed by atoms with Gasteiger partial charge in [-0.3, -0.25) is 4.79 Å². The molecule has 0 radical (unpaired) electrons. The van der Waals surface area contributed by atoms with Crippen molar-refractivity contribution in [3.05, 3.63) is 16.7 Å². The Bertz CT molecular complexity index is 434. The summed E-state index contributed by atoms with van der Waals surface area (Å²) >= 11 is 0. The summed E-state index contributed by atoms with van der Waals surface area (Å²) in [4.78, 5) is 22.4. The van der Waals surface area contributed by atoms with Crippen LogP contribution in [0.5, 0.6) is 0 Å². The first-order chi connectivity index (χ1) is 8.09. The van der Waals surface area contributed by atoms with Gasteiger partial charge in [-0.1, -0.05) is 0 Å². The molecule has 0 spiro atoms. The molecular weight excluding hydrogens is 218 g/mol. The quantitative estimate of drug-likeness (QED) is 0.750. The third-order valence-corrected chi connectivity index (χ3v) is 3.36. The van der Waals surface area contributed by atoms with Crippen molar-refractivity contribution in [1.82, 2.24) is 14.9 Å². The van der Waals surface area contributed by atoms with E-state index in [1.807, 2.05) is 0 Å². The summed E-state index contributed by atoms with van der Waals surface area (Å²) in [7, 11) is 4.19. The molecule has 0 aromatic carbocycles. The molecule has 1 fully saturated rings. The van der Waals surface area contributed by atoms with E-state index in [1.165, 1.54) is 6.33 Å². The number of hydrogen-bond acceptors (Lipinski definition) is 5. The minimum absolute atomic E-state index is 0.218. The summed E-state index contributed by atoms with van der Waals surface area (Å²) in [6.07, 6.45) is 3.55. The highest BCUT2D eigenvalue weighted by Gasteiger charge is 2.23. The molecule has 94 valence electrons. The Hall–Kier alpha value is -1.56. The second kappa shape index (κ2) is 4.75. The van der Waals surface area contributed by atoms with Crippen LogP contribution in [0.4, 0.5) is 11.5 Å². The second-order valence-electron chi connectivity index (χ2n) is 4.65.